The van der Waals surface area contributed by atoms with Crippen molar-refractivity contribution < 1.29 is 4.79 Å². The third-order valence-electron chi connectivity index (χ3n) is 2.17. The van der Waals surface area contributed by atoms with Crippen LogP contribution in [0.3, 0.4) is 0 Å². The maximum absolute atomic E-state index is 11.8. The molecule has 0 aliphatic carbocycles. The predicted octanol–water partition coefficient (Wildman–Crippen LogP) is 5.00. The Labute approximate surface area is 127 Å². The average Bonchev–Trinajstić information content (AvgIpc) is 2.68. The summed E-state index contributed by atoms with van der Waals surface area (Å²) in [5.41, 5.74) is 0.571. The Kier molecular flexibility index (Phi) is 4.67. The summed E-state index contributed by atoms with van der Waals surface area (Å²) in [7, 11) is 0. The van der Waals surface area contributed by atoms with Gasteiger partial charge in [-0.1, -0.05) is 23.2 Å². The molecule has 0 bridgehead atoms. The van der Waals surface area contributed by atoms with Crippen LogP contribution in [0.4, 0.5) is 5.69 Å². The van der Waals surface area contributed by atoms with E-state index in [0.717, 1.165) is 8.66 Å². The maximum atomic E-state index is 11.8. The van der Waals surface area contributed by atoms with E-state index in [1.807, 2.05) is 12.1 Å². The third-order valence-corrected chi connectivity index (χ3v) is 4.34. The lowest BCUT2D eigenvalue weighted by molar-refractivity contribution is -0.115. The van der Waals surface area contributed by atoms with E-state index in [9.17, 15) is 4.79 Å². The molecule has 2 nitrogen and oxygen atoms in total. The lowest BCUT2D eigenvalue weighted by Gasteiger charge is -2.06. The van der Waals surface area contributed by atoms with Crippen molar-refractivity contribution in [1.82, 2.24) is 0 Å². The van der Waals surface area contributed by atoms with Crippen molar-refractivity contribution in [2.75, 3.05) is 5.32 Å². The van der Waals surface area contributed by atoms with Crippen molar-refractivity contribution in [3.63, 3.8) is 0 Å². The van der Waals surface area contributed by atoms with Gasteiger partial charge in [0.2, 0.25) is 5.91 Å². The molecule has 1 N–H and O–H groups in total. The average molecular weight is 365 g/mol. The van der Waals surface area contributed by atoms with Crippen LogP contribution in [0.1, 0.15) is 4.88 Å². The van der Waals surface area contributed by atoms with Gasteiger partial charge in [-0.3, -0.25) is 4.79 Å². The molecule has 0 saturated carbocycles. The van der Waals surface area contributed by atoms with Crippen LogP contribution in [-0.4, -0.2) is 5.91 Å². The zero-order chi connectivity index (χ0) is 13.1. The molecule has 6 heteroatoms. The van der Waals surface area contributed by atoms with Crippen LogP contribution >= 0.6 is 50.5 Å². The quantitative estimate of drug-likeness (QED) is 0.815. The summed E-state index contributed by atoms with van der Waals surface area (Å²) >= 11 is 16.7. The van der Waals surface area contributed by atoms with Gasteiger partial charge in [-0.2, -0.15) is 0 Å². The van der Waals surface area contributed by atoms with Crippen LogP contribution in [0.15, 0.2) is 34.1 Å². The monoisotopic (exact) mass is 363 g/mol. The SMILES string of the molecule is O=C(Cc1ccc(Br)s1)Nc1ccc(Cl)cc1Cl. The fourth-order valence-corrected chi connectivity index (χ4v) is 3.33. The molecule has 18 heavy (non-hydrogen) atoms. The van der Waals surface area contributed by atoms with Crippen molar-refractivity contribution in [3.8, 4) is 0 Å². The van der Waals surface area contributed by atoms with Gasteiger partial charge in [0.25, 0.3) is 0 Å². The van der Waals surface area contributed by atoms with Crippen molar-refractivity contribution in [1.29, 1.82) is 0 Å². The largest absolute Gasteiger partial charge is 0.324 e. The molecule has 2 rings (SSSR count). The van der Waals surface area contributed by atoms with Crippen LogP contribution < -0.4 is 5.32 Å². The van der Waals surface area contributed by atoms with E-state index in [0.29, 0.717) is 22.2 Å². The Bertz CT molecular complexity index is 585. The van der Waals surface area contributed by atoms with Crippen LogP contribution in [0.5, 0.6) is 0 Å². The molecular weight excluding hydrogens is 357 g/mol. The number of anilines is 1. The van der Waals surface area contributed by atoms with Crippen molar-refractivity contribution in [3.05, 3.63) is 49.0 Å². The molecule has 0 saturated heterocycles. The summed E-state index contributed by atoms with van der Waals surface area (Å²) in [5, 5.41) is 3.73. The number of halogens is 3. The van der Waals surface area contributed by atoms with E-state index in [4.69, 9.17) is 23.2 Å². The fourth-order valence-electron chi connectivity index (χ4n) is 1.39. The molecule has 0 atom stereocenters. The number of carbonyl (C=O) groups is 1. The standard InChI is InChI=1S/C12H8BrCl2NOS/c13-11-4-2-8(18-11)6-12(17)16-10-3-1-7(14)5-9(10)15/h1-5H,6H2,(H,16,17). The normalized spacial score (nSPS) is 10.4. The van der Waals surface area contributed by atoms with Gasteiger partial charge in [-0.05, 0) is 46.3 Å². The van der Waals surface area contributed by atoms with E-state index >= 15 is 0 Å². The number of thiophene rings is 1. The minimum absolute atomic E-state index is 0.103. The fraction of sp³-hybridized carbons (Fsp3) is 0.0833. The maximum Gasteiger partial charge on any atom is 0.229 e. The first-order valence-corrected chi connectivity index (χ1v) is 7.40. The number of rotatable bonds is 3. The minimum Gasteiger partial charge on any atom is -0.324 e. The Balaban J connectivity index is 2.03. The van der Waals surface area contributed by atoms with E-state index in [2.05, 4.69) is 21.2 Å². The second-order valence-corrected chi connectivity index (χ2v) is 6.95. The molecule has 0 radical (unpaired) electrons. The summed E-state index contributed by atoms with van der Waals surface area (Å²) in [6.07, 6.45) is 0.329. The Morgan fingerprint density at radius 3 is 2.67 bits per heavy atom. The molecule has 0 spiro atoms. The summed E-state index contributed by atoms with van der Waals surface area (Å²) in [6.45, 7) is 0. The molecule has 0 aliphatic rings. The minimum atomic E-state index is -0.103. The van der Waals surface area contributed by atoms with Gasteiger partial charge in [-0.25, -0.2) is 0 Å². The number of hydrogen-bond donors (Lipinski definition) is 1. The van der Waals surface area contributed by atoms with Gasteiger partial charge >= 0.3 is 0 Å². The lowest BCUT2D eigenvalue weighted by atomic mass is 10.3. The second kappa shape index (κ2) is 6.06. The van der Waals surface area contributed by atoms with Gasteiger partial charge in [-0.15, -0.1) is 11.3 Å². The summed E-state index contributed by atoms with van der Waals surface area (Å²) in [5.74, 6) is -0.103. The molecule has 0 aliphatic heterocycles. The zero-order valence-corrected chi connectivity index (χ0v) is 13.0. The molecule has 2 aromatic rings. The van der Waals surface area contributed by atoms with E-state index in [1.54, 1.807) is 18.2 Å². The topological polar surface area (TPSA) is 29.1 Å². The molecule has 0 unspecified atom stereocenters. The van der Waals surface area contributed by atoms with Crippen LogP contribution in [0, 0.1) is 0 Å². The first-order valence-electron chi connectivity index (χ1n) is 5.04. The summed E-state index contributed by atoms with van der Waals surface area (Å²) in [6, 6.07) is 8.80. The first-order chi connectivity index (χ1) is 8.54. The lowest BCUT2D eigenvalue weighted by Crippen LogP contribution is -2.13. The highest BCUT2D eigenvalue weighted by Crippen LogP contribution is 2.26. The number of hydrogen-bond acceptors (Lipinski definition) is 2. The Hall–Kier alpha value is -0.550. The first kappa shape index (κ1) is 13.9. The second-order valence-electron chi connectivity index (χ2n) is 3.55. The number of carbonyl (C=O) groups excluding carboxylic acids is 1. The summed E-state index contributed by atoms with van der Waals surface area (Å²) < 4.78 is 1.01. The number of benzene rings is 1. The van der Waals surface area contributed by atoms with E-state index in [-0.39, 0.29) is 5.91 Å². The van der Waals surface area contributed by atoms with Crippen LogP contribution in [-0.2, 0) is 11.2 Å². The molecule has 94 valence electrons. The smallest absolute Gasteiger partial charge is 0.229 e. The van der Waals surface area contributed by atoms with Crippen molar-refractivity contribution in [2.45, 2.75) is 6.42 Å². The van der Waals surface area contributed by atoms with Crippen LogP contribution in [0.2, 0.25) is 10.0 Å². The highest BCUT2D eigenvalue weighted by molar-refractivity contribution is 9.11. The molecular formula is C12H8BrCl2NOS. The van der Waals surface area contributed by atoms with Gasteiger partial charge < -0.3 is 5.32 Å². The van der Waals surface area contributed by atoms with Crippen molar-refractivity contribution in [2.24, 2.45) is 0 Å². The van der Waals surface area contributed by atoms with Crippen molar-refractivity contribution >= 4 is 62.1 Å². The molecule has 0 fully saturated rings. The van der Waals surface area contributed by atoms with Gasteiger partial charge in [0.1, 0.15) is 0 Å². The van der Waals surface area contributed by atoms with Gasteiger partial charge in [0.15, 0.2) is 0 Å². The Morgan fingerprint density at radius 2 is 2.06 bits per heavy atom. The zero-order valence-electron chi connectivity index (χ0n) is 9.04. The summed E-state index contributed by atoms with van der Waals surface area (Å²) in [4.78, 5) is 12.8. The van der Waals surface area contributed by atoms with Gasteiger partial charge in [0, 0.05) is 9.90 Å². The molecule has 1 aromatic carbocycles. The number of nitrogens with one attached hydrogen (secondary N) is 1. The van der Waals surface area contributed by atoms with Crippen LogP contribution in [0.25, 0.3) is 0 Å². The van der Waals surface area contributed by atoms with Gasteiger partial charge in [0.05, 0.1) is 20.9 Å². The highest BCUT2D eigenvalue weighted by Gasteiger charge is 2.08. The molecule has 1 aromatic heterocycles. The predicted molar refractivity (Wildman–Crippen MR) is 80.8 cm³/mol. The number of amides is 1. The highest BCUT2D eigenvalue weighted by atomic mass is 79.9. The Morgan fingerprint density at radius 1 is 1.28 bits per heavy atom. The third kappa shape index (κ3) is 3.72. The molecule has 1 amide bonds. The molecule has 1 heterocycles. The van der Waals surface area contributed by atoms with E-state index < -0.39 is 0 Å². The van der Waals surface area contributed by atoms with E-state index in [1.165, 1.54) is 11.3 Å².